The first-order valence-corrected chi connectivity index (χ1v) is 7.41. The molecule has 0 saturated heterocycles. The van der Waals surface area contributed by atoms with Gasteiger partial charge in [-0.05, 0) is 31.0 Å². The molecule has 1 aliphatic rings. The van der Waals surface area contributed by atoms with Crippen LogP contribution in [0.5, 0.6) is 0 Å². The van der Waals surface area contributed by atoms with Gasteiger partial charge in [-0.2, -0.15) is 5.26 Å². The van der Waals surface area contributed by atoms with Crippen LogP contribution in [0.4, 0.5) is 10.5 Å². The fraction of sp³-hybridized carbons (Fsp3) is 0.529. The lowest BCUT2D eigenvalue weighted by Gasteiger charge is -2.59. The molecule has 0 spiro atoms. The number of carbonyl (C=O) groups is 1. The average molecular weight is 301 g/mol. The fourth-order valence-corrected chi connectivity index (χ4v) is 2.85. The van der Waals surface area contributed by atoms with Gasteiger partial charge >= 0.3 is 6.03 Å². The van der Waals surface area contributed by atoms with E-state index in [0.29, 0.717) is 12.1 Å². The molecule has 0 bridgehead atoms. The second kappa shape index (κ2) is 5.98. The minimum absolute atomic E-state index is 0.0790. The number of carbonyl (C=O) groups excluding carboxylic acids is 1. The maximum atomic E-state index is 12.1. The molecule has 5 nitrogen and oxygen atoms in total. The number of benzene rings is 1. The first-order chi connectivity index (χ1) is 10.3. The Hall–Kier alpha value is -2.06. The Balaban J connectivity index is 1.90. The largest absolute Gasteiger partial charge is 0.378 e. The number of nitrogens with zero attached hydrogens (tertiary/aromatic N) is 1. The number of rotatable bonds is 4. The molecule has 1 aliphatic carbocycles. The molecule has 0 aromatic heterocycles. The second-order valence-electron chi connectivity index (χ2n) is 6.54. The lowest BCUT2D eigenvalue weighted by molar-refractivity contribution is -0.177. The maximum Gasteiger partial charge on any atom is 0.319 e. The highest BCUT2D eigenvalue weighted by Gasteiger charge is 2.58. The van der Waals surface area contributed by atoms with E-state index in [4.69, 9.17) is 10.00 Å². The van der Waals surface area contributed by atoms with Crippen LogP contribution in [0.1, 0.15) is 32.8 Å². The summed E-state index contributed by atoms with van der Waals surface area (Å²) < 4.78 is 5.56. The van der Waals surface area contributed by atoms with Gasteiger partial charge < -0.3 is 15.4 Å². The van der Waals surface area contributed by atoms with Crippen LogP contribution in [0.15, 0.2) is 24.3 Å². The minimum atomic E-state index is -0.218. The van der Waals surface area contributed by atoms with Gasteiger partial charge in [-0.25, -0.2) is 4.79 Å². The Morgan fingerprint density at radius 1 is 1.36 bits per heavy atom. The first-order valence-electron chi connectivity index (χ1n) is 7.41. The van der Waals surface area contributed by atoms with Gasteiger partial charge in [-0.15, -0.1) is 0 Å². The molecule has 2 atom stereocenters. The highest BCUT2D eigenvalue weighted by Crippen LogP contribution is 2.51. The van der Waals surface area contributed by atoms with Crippen molar-refractivity contribution in [2.45, 2.75) is 45.3 Å². The predicted molar refractivity (Wildman–Crippen MR) is 85.5 cm³/mol. The van der Waals surface area contributed by atoms with E-state index in [1.54, 1.807) is 19.2 Å². The van der Waals surface area contributed by atoms with Crippen molar-refractivity contribution in [3.05, 3.63) is 29.8 Å². The third-order valence-corrected chi connectivity index (χ3v) is 5.08. The minimum Gasteiger partial charge on any atom is -0.378 e. The van der Waals surface area contributed by atoms with E-state index in [1.165, 1.54) is 0 Å². The van der Waals surface area contributed by atoms with E-state index in [2.05, 4.69) is 37.5 Å². The maximum absolute atomic E-state index is 12.1. The normalized spacial score (nSPS) is 25.7. The van der Waals surface area contributed by atoms with Gasteiger partial charge in [0.25, 0.3) is 0 Å². The molecule has 0 unspecified atom stereocenters. The van der Waals surface area contributed by atoms with Crippen LogP contribution in [-0.4, -0.2) is 24.8 Å². The topological polar surface area (TPSA) is 74.2 Å². The third-order valence-electron chi connectivity index (χ3n) is 5.08. The number of amides is 2. The van der Waals surface area contributed by atoms with Gasteiger partial charge in [-0.1, -0.05) is 26.0 Å². The van der Waals surface area contributed by atoms with E-state index in [9.17, 15) is 4.79 Å². The Labute approximate surface area is 131 Å². The predicted octanol–water partition coefficient (Wildman–Crippen LogP) is 3.08. The quantitative estimate of drug-likeness (QED) is 0.897. The Morgan fingerprint density at radius 2 is 2.00 bits per heavy atom. The van der Waals surface area contributed by atoms with Crippen LogP contribution < -0.4 is 10.6 Å². The summed E-state index contributed by atoms with van der Waals surface area (Å²) in [6.45, 7) is 6.26. The van der Waals surface area contributed by atoms with E-state index in [1.807, 2.05) is 12.1 Å². The van der Waals surface area contributed by atoms with E-state index < -0.39 is 0 Å². The lowest BCUT2D eigenvalue weighted by Crippen LogP contribution is -2.68. The molecule has 5 heteroatoms. The number of nitriles is 1. The zero-order valence-corrected chi connectivity index (χ0v) is 13.6. The van der Waals surface area contributed by atoms with Crippen molar-refractivity contribution in [2.75, 3.05) is 12.4 Å². The molecular formula is C17H23N3O2. The van der Waals surface area contributed by atoms with E-state index in [0.717, 1.165) is 12.0 Å². The van der Waals surface area contributed by atoms with Crippen LogP contribution in [0.25, 0.3) is 0 Å². The van der Waals surface area contributed by atoms with Gasteiger partial charge in [0.2, 0.25) is 0 Å². The molecule has 1 aromatic rings. The van der Waals surface area contributed by atoms with Crippen molar-refractivity contribution in [1.29, 1.82) is 5.26 Å². The summed E-state index contributed by atoms with van der Waals surface area (Å²) in [5.41, 5.74) is 1.33. The summed E-state index contributed by atoms with van der Waals surface area (Å²) in [6.07, 6.45) is 1.17. The van der Waals surface area contributed by atoms with Crippen LogP contribution in [0.2, 0.25) is 0 Å². The highest BCUT2D eigenvalue weighted by molar-refractivity contribution is 5.89. The number of anilines is 1. The molecule has 1 aromatic carbocycles. The van der Waals surface area contributed by atoms with Crippen molar-refractivity contribution in [3.8, 4) is 6.07 Å². The van der Waals surface area contributed by atoms with Gasteiger partial charge in [0.15, 0.2) is 0 Å². The molecule has 1 saturated carbocycles. The number of nitrogens with one attached hydrogen (secondary N) is 2. The third kappa shape index (κ3) is 2.93. The van der Waals surface area contributed by atoms with Gasteiger partial charge in [-0.3, -0.25) is 0 Å². The summed E-state index contributed by atoms with van der Waals surface area (Å²) in [5, 5.41) is 14.5. The van der Waals surface area contributed by atoms with Gasteiger partial charge in [0.1, 0.15) is 0 Å². The summed E-state index contributed by atoms with van der Waals surface area (Å²) in [7, 11) is 1.71. The summed E-state index contributed by atoms with van der Waals surface area (Å²) in [6, 6.07) is 9.25. The zero-order valence-electron chi connectivity index (χ0n) is 13.6. The average Bonchev–Trinajstić information content (AvgIpc) is 2.48. The molecule has 0 radical (unpaired) electrons. The molecule has 2 rings (SSSR count). The highest BCUT2D eigenvalue weighted by atomic mass is 16.5. The lowest BCUT2D eigenvalue weighted by atomic mass is 9.56. The molecule has 0 heterocycles. The molecule has 0 aliphatic heterocycles. The monoisotopic (exact) mass is 301 g/mol. The van der Waals surface area contributed by atoms with Crippen molar-refractivity contribution >= 4 is 11.7 Å². The Morgan fingerprint density at radius 3 is 2.50 bits per heavy atom. The van der Waals surface area contributed by atoms with Crippen molar-refractivity contribution < 1.29 is 9.53 Å². The SMILES string of the molecule is CO[C@@]1(C)C[C@@H](NC(=O)Nc2ccc(CC#N)cc2)C1(C)C. The number of ether oxygens (including phenoxy) is 1. The Kier molecular flexibility index (Phi) is 4.43. The molecule has 22 heavy (non-hydrogen) atoms. The summed E-state index contributed by atoms with van der Waals surface area (Å²) >= 11 is 0. The Bertz CT molecular complexity index is 589. The number of methoxy groups -OCH3 is 1. The zero-order chi connectivity index (χ0) is 16.4. The van der Waals surface area contributed by atoms with Gasteiger partial charge in [0.05, 0.1) is 18.1 Å². The second-order valence-corrected chi connectivity index (χ2v) is 6.54. The molecule has 1 fully saturated rings. The molecule has 118 valence electrons. The summed E-state index contributed by atoms with van der Waals surface area (Å²) in [4.78, 5) is 12.1. The number of urea groups is 1. The molecule has 2 N–H and O–H groups in total. The van der Waals surface area contributed by atoms with Gasteiger partial charge in [0, 0.05) is 24.3 Å². The molecular weight excluding hydrogens is 278 g/mol. The van der Waals surface area contributed by atoms with Crippen molar-refractivity contribution in [1.82, 2.24) is 5.32 Å². The van der Waals surface area contributed by atoms with E-state index >= 15 is 0 Å². The van der Waals surface area contributed by atoms with Crippen LogP contribution >= 0.6 is 0 Å². The first kappa shape index (κ1) is 16.3. The number of hydrogen-bond donors (Lipinski definition) is 2. The standard InChI is InChI=1S/C17H23N3O2/c1-16(2)14(11-17(16,3)22-4)20-15(21)19-13-7-5-12(6-8-13)9-10-18/h5-8,14H,9,11H2,1-4H3,(H2,19,20,21)/t14-,17+/m1/s1. The van der Waals surface area contributed by atoms with Crippen LogP contribution in [0, 0.1) is 16.7 Å². The smallest absolute Gasteiger partial charge is 0.319 e. The van der Waals surface area contributed by atoms with Crippen LogP contribution in [0.3, 0.4) is 0 Å². The van der Waals surface area contributed by atoms with Crippen LogP contribution in [-0.2, 0) is 11.2 Å². The molecule has 2 amide bonds. The fourth-order valence-electron chi connectivity index (χ4n) is 2.85. The van der Waals surface area contributed by atoms with E-state index in [-0.39, 0.29) is 23.1 Å². The van der Waals surface area contributed by atoms with Crippen molar-refractivity contribution in [3.63, 3.8) is 0 Å². The van der Waals surface area contributed by atoms with Crippen molar-refractivity contribution in [2.24, 2.45) is 5.41 Å². The number of hydrogen-bond acceptors (Lipinski definition) is 3. The summed E-state index contributed by atoms with van der Waals surface area (Å²) in [5.74, 6) is 0.